The van der Waals surface area contributed by atoms with Gasteiger partial charge in [0.1, 0.15) is 0 Å². The van der Waals surface area contributed by atoms with E-state index in [-0.39, 0.29) is 0 Å². The Morgan fingerprint density at radius 2 is 2.00 bits per heavy atom. The highest BCUT2D eigenvalue weighted by Crippen LogP contribution is 2.29. The average Bonchev–Trinajstić information content (AvgIpc) is 3.00. The van der Waals surface area contributed by atoms with Gasteiger partial charge in [-0.1, -0.05) is 22.0 Å². The SMILES string of the molecule is Brc1ccc(CNC2CC2)c(N2CCCC2)c1. The minimum Gasteiger partial charge on any atom is -0.371 e. The molecule has 0 amide bonds. The molecule has 1 aromatic rings. The number of benzene rings is 1. The molecule has 0 radical (unpaired) electrons. The van der Waals surface area contributed by atoms with Crippen LogP contribution in [0.1, 0.15) is 31.2 Å². The molecule has 2 nitrogen and oxygen atoms in total. The van der Waals surface area contributed by atoms with Crippen molar-refractivity contribution in [1.29, 1.82) is 0 Å². The summed E-state index contributed by atoms with van der Waals surface area (Å²) in [5.41, 5.74) is 2.87. The van der Waals surface area contributed by atoms with E-state index >= 15 is 0 Å². The first-order chi connectivity index (χ1) is 8.33. The van der Waals surface area contributed by atoms with Gasteiger partial charge in [-0.25, -0.2) is 0 Å². The Balaban J connectivity index is 1.78. The summed E-state index contributed by atoms with van der Waals surface area (Å²) in [6, 6.07) is 7.47. The molecule has 3 heteroatoms. The molecule has 0 unspecified atom stereocenters. The van der Waals surface area contributed by atoms with Crippen molar-refractivity contribution >= 4 is 21.6 Å². The van der Waals surface area contributed by atoms with Gasteiger partial charge in [-0.2, -0.15) is 0 Å². The molecule has 2 fully saturated rings. The molecule has 1 saturated heterocycles. The van der Waals surface area contributed by atoms with Crippen molar-refractivity contribution in [2.75, 3.05) is 18.0 Å². The Bertz CT molecular complexity index is 395. The van der Waals surface area contributed by atoms with Crippen molar-refractivity contribution < 1.29 is 0 Å². The van der Waals surface area contributed by atoms with Crippen molar-refractivity contribution in [3.8, 4) is 0 Å². The molecule has 0 aromatic heterocycles. The van der Waals surface area contributed by atoms with E-state index in [2.05, 4.69) is 44.3 Å². The molecule has 1 aliphatic heterocycles. The summed E-state index contributed by atoms with van der Waals surface area (Å²) in [5, 5.41) is 3.61. The van der Waals surface area contributed by atoms with Crippen LogP contribution < -0.4 is 10.2 Å². The smallest absolute Gasteiger partial charge is 0.0423 e. The van der Waals surface area contributed by atoms with Gasteiger partial charge in [-0.3, -0.25) is 0 Å². The van der Waals surface area contributed by atoms with Crippen molar-refractivity contribution in [3.63, 3.8) is 0 Å². The molecule has 1 saturated carbocycles. The minimum atomic E-state index is 0.782. The van der Waals surface area contributed by atoms with Crippen LogP contribution in [0, 0.1) is 0 Å². The Hall–Kier alpha value is -0.540. The van der Waals surface area contributed by atoms with Crippen LogP contribution in [0.25, 0.3) is 0 Å². The van der Waals surface area contributed by atoms with Crippen LogP contribution in [0.2, 0.25) is 0 Å². The van der Waals surface area contributed by atoms with Crippen LogP contribution in [-0.2, 0) is 6.54 Å². The third-order valence-corrected chi connectivity index (χ3v) is 4.15. The van der Waals surface area contributed by atoms with Gasteiger partial charge < -0.3 is 10.2 Å². The monoisotopic (exact) mass is 294 g/mol. The van der Waals surface area contributed by atoms with Crippen molar-refractivity contribution in [3.05, 3.63) is 28.2 Å². The molecule has 0 atom stereocenters. The lowest BCUT2D eigenvalue weighted by Gasteiger charge is -2.22. The van der Waals surface area contributed by atoms with Crippen LogP contribution in [0.4, 0.5) is 5.69 Å². The number of rotatable bonds is 4. The third-order valence-electron chi connectivity index (χ3n) is 3.65. The average molecular weight is 295 g/mol. The fourth-order valence-electron chi connectivity index (χ4n) is 2.48. The molecule has 92 valence electrons. The summed E-state index contributed by atoms with van der Waals surface area (Å²) in [6.45, 7) is 3.45. The second-order valence-electron chi connectivity index (χ2n) is 5.12. The molecule has 0 bridgehead atoms. The van der Waals surface area contributed by atoms with Gasteiger partial charge in [-0.15, -0.1) is 0 Å². The lowest BCUT2D eigenvalue weighted by atomic mass is 10.1. The minimum absolute atomic E-state index is 0.782. The molecule has 2 aliphatic rings. The topological polar surface area (TPSA) is 15.3 Å². The molecular formula is C14H19BrN2. The second kappa shape index (κ2) is 4.99. The molecule has 17 heavy (non-hydrogen) atoms. The molecule has 1 aliphatic carbocycles. The van der Waals surface area contributed by atoms with E-state index in [1.807, 2.05) is 0 Å². The van der Waals surface area contributed by atoms with Crippen LogP contribution in [0.15, 0.2) is 22.7 Å². The fourth-order valence-corrected chi connectivity index (χ4v) is 2.83. The summed E-state index contributed by atoms with van der Waals surface area (Å²) in [6.07, 6.45) is 5.38. The maximum atomic E-state index is 3.61. The van der Waals surface area contributed by atoms with E-state index in [1.54, 1.807) is 0 Å². The second-order valence-corrected chi connectivity index (χ2v) is 6.04. The summed E-state index contributed by atoms with van der Waals surface area (Å²) in [4.78, 5) is 2.52. The molecule has 0 spiro atoms. The van der Waals surface area contributed by atoms with Crippen LogP contribution in [0.5, 0.6) is 0 Å². The Labute approximate surface area is 112 Å². The Morgan fingerprint density at radius 3 is 2.71 bits per heavy atom. The fraction of sp³-hybridized carbons (Fsp3) is 0.571. The highest BCUT2D eigenvalue weighted by atomic mass is 79.9. The zero-order valence-corrected chi connectivity index (χ0v) is 11.7. The number of hydrogen-bond acceptors (Lipinski definition) is 2. The summed E-state index contributed by atoms with van der Waals surface area (Å²) in [5.74, 6) is 0. The normalized spacial score (nSPS) is 19.9. The lowest BCUT2D eigenvalue weighted by molar-refractivity contribution is 0.686. The predicted molar refractivity (Wildman–Crippen MR) is 75.5 cm³/mol. The highest BCUT2D eigenvalue weighted by Gasteiger charge is 2.21. The predicted octanol–water partition coefficient (Wildman–Crippen LogP) is 3.30. The van der Waals surface area contributed by atoms with Gasteiger partial charge in [0.05, 0.1) is 0 Å². The van der Waals surface area contributed by atoms with Gasteiger partial charge in [0, 0.05) is 35.8 Å². The highest BCUT2D eigenvalue weighted by molar-refractivity contribution is 9.10. The number of hydrogen-bond donors (Lipinski definition) is 1. The van der Waals surface area contributed by atoms with E-state index < -0.39 is 0 Å². The Morgan fingerprint density at radius 1 is 1.24 bits per heavy atom. The largest absolute Gasteiger partial charge is 0.371 e. The van der Waals surface area contributed by atoms with Crippen LogP contribution in [-0.4, -0.2) is 19.1 Å². The number of halogens is 1. The third kappa shape index (κ3) is 2.83. The molecule has 1 N–H and O–H groups in total. The number of anilines is 1. The first-order valence-electron chi connectivity index (χ1n) is 6.60. The van der Waals surface area contributed by atoms with Gasteiger partial charge in [0.2, 0.25) is 0 Å². The van der Waals surface area contributed by atoms with Gasteiger partial charge in [0.15, 0.2) is 0 Å². The first kappa shape index (κ1) is 11.5. The van der Waals surface area contributed by atoms with Crippen LogP contribution >= 0.6 is 15.9 Å². The quantitative estimate of drug-likeness (QED) is 0.917. The molecule has 3 rings (SSSR count). The van der Waals surface area contributed by atoms with Crippen molar-refractivity contribution in [1.82, 2.24) is 5.32 Å². The van der Waals surface area contributed by atoms with E-state index in [1.165, 1.54) is 54.5 Å². The first-order valence-corrected chi connectivity index (χ1v) is 7.39. The van der Waals surface area contributed by atoms with Crippen molar-refractivity contribution in [2.24, 2.45) is 0 Å². The summed E-state index contributed by atoms with van der Waals surface area (Å²) < 4.78 is 1.19. The van der Waals surface area contributed by atoms with Gasteiger partial charge in [0.25, 0.3) is 0 Å². The van der Waals surface area contributed by atoms with E-state index in [0.717, 1.165) is 12.6 Å². The number of nitrogens with one attached hydrogen (secondary N) is 1. The molecular weight excluding hydrogens is 276 g/mol. The van der Waals surface area contributed by atoms with Gasteiger partial charge >= 0.3 is 0 Å². The summed E-state index contributed by atoms with van der Waals surface area (Å²) in [7, 11) is 0. The maximum absolute atomic E-state index is 3.61. The van der Waals surface area contributed by atoms with Crippen molar-refractivity contribution in [2.45, 2.75) is 38.3 Å². The number of nitrogens with zero attached hydrogens (tertiary/aromatic N) is 1. The van der Waals surface area contributed by atoms with E-state index in [9.17, 15) is 0 Å². The standard InChI is InChI=1S/C14H19BrN2/c15-12-4-3-11(10-16-13-5-6-13)14(9-12)17-7-1-2-8-17/h3-4,9,13,16H,1-2,5-8,10H2. The van der Waals surface area contributed by atoms with Crippen LogP contribution in [0.3, 0.4) is 0 Å². The zero-order chi connectivity index (χ0) is 11.7. The lowest BCUT2D eigenvalue weighted by Crippen LogP contribution is -2.22. The van der Waals surface area contributed by atoms with Gasteiger partial charge in [-0.05, 0) is 43.4 Å². The van der Waals surface area contributed by atoms with E-state index in [0.29, 0.717) is 0 Å². The molecule has 1 aromatic carbocycles. The Kier molecular flexibility index (Phi) is 3.39. The van der Waals surface area contributed by atoms with E-state index in [4.69, 9.17) is 0 Å². The summed E-state index contributed by atoms with van der Waals surface area (Å²) >= 11 is 3.59. The zero-order valence-electron chi connectivity index (χ0n) is 10.1. The maximum Gasteiger partial charge on any atom is 0.0423 e. The molecule has 1 heterocycles.